The van der Waals surface area contributed by atoms with Gasteiger partial charge >= 0.3 is 0 Å². The van der Waals surface area contributed by atoms with Crippen molar-refractivity contribution < 1.29 is 0 Å². The molecular weight excluding hydrogens is 304 g/mol. The molecule has 1 atom stereocenters. The SMILES string of the molecule is CCc1ccc(CCCC(Br)c2ccccc2)s1. The van der Waals surface area contributed by atoms with Gasteiger partial charge in [-0.25, -0.2) is 0 Å². The molecule has 0 aliphatic rings. The van der Waals surface area contributed by atoms with Crippen LogP contribution in [0, 0.1) is 0 Å². The Kier molecular flexibility index (Phi) is 5.45. The zero-order chi connectivity index (χ0) is 12.8. The molecule has 0 radical (unpaired) electrons. The smallest absolute Gasteiger partial charge is 0.0395 e. The molecule has 1 unspecified atom stereocenters. The van der Waals surface area contributed by atoms with Gasteiger partial charge < -0.3 is 0 Å². The van der Waals surface area contributed by atoms with Gasteiger partial charge in [-0.1, -0.05) is 53.2 Å². The Hall–Kier alpha value is -0.600. The van der Waals surface area contributed by atoms with Crippen molar-refractivity contribution in [1.29, 1.82) is 0 Å². The first-order valence-corrected chi connectivity index (χ1v) is 8.29. The van der Waals surface area contributed by atoms with E-state index in [2.05, 4.69) is 65.3 Å². The lowest BCUT2D eigenvalue weighted by Gasteiger charge is -2.09. The molecule has 0 amide bonds. The number of rotatable bonds is 6. The maximum Gasteiger partial charge on any atom is 0.0395 e. The average Bonchev–Trinajstić information content (AvgIpc) is 2.87. The minimum atomic E-state index is 0.490. The first kappa shape index (κ1) is 13.8. The molecule has 18 heavy (non-hydrogen) atoms. The van der Waals surface area contributed by atoms with Crippen LogP contribution in [0.1, 0.15) is 39.9 Å². The quantitative estimate of drug-likeness (QED) is 0.592. The molecule has 0 N–H and O–H groups in total. The summed E-state index contributed by atoms with van der Waals surface area (Å²) in [7, 11) is 0. The molecule has 1 heterocycles. The highest BCUT2D eigenvalue weighted by molar-refractivity contribution is 9.09. The molecule has 1 aromatic carbocycles. The van der Waals surface area contributed by atoms with Crippen LogP contribution in [0.2, 0.25) is 0 Å². The summed E-state index contributed by atoms with van der Waals surface area (Å²) in [6.07, 6.45) is 4.81. The van der Waals surface area contributed by atoms with Gasteiger partial charge in [-0.3, -0.25) is 0 Å². The fourth-order valence-electron chi connectivity index (χ4n) is 2.03. The lowest BCUT2D eigenvalue weighted by molar-refractivity contribution is 0.735. The number of alkyl halides is 1. The highest BCUT2D eigenvalue weighted by atomic mass is 79.9. The Labute approximate surface area is 122 Å². The standard InChI is InChI=1S/C16H19BrS/c1-2-14-11-12-15(18-14)9-6-10-16(17)13-7-4-3-5-8-13/h3-5,7-8,11-12,16H,2,6,9-10H2,1H3. The van der Waals surface area contributed by atoms with Crippen molar-refractivity contribution in [3.05, 3.63) is 57.8 Å². The van der Waals surface area contributed by atoms with Gasteiger partial charge in [0.25, 0.3) is 0 Å². The summed E-state index contributed by atoms with van der Waals surface area (Å²) in [5.74, 6) is 0. The number of thiophene rings is 1. The van der Waals surface area contributed by atoms with Gasteiger partial charge in [0, 0.05) is 14.6 Å². The summed E-state index contributed by atoms with van der Waals surface area (Å²) in [6, 6.07) is 15.2. The second-order valence-electron chi connectivity index (χ2n) is 4.49. The number of benzene rings is 1. The molecule has 0 nitrogen and oxygen atoms in total. The first-order chi connectivity index (χ1) is 8.79. The summed E-state index contributed by atoms with van der Waals surface area (Å²) < 4.78 is 0. The van der Waals surface area contributed by atoms with Crippen LogP contribution in [-0.4, -0.2) is 0 Å². The zero-order valence-corrected chi connectivity index (χ0v) is 13.1. The summed E-state index contributed by atoms with van der Waals surface area (Å²) in [6.45, 7) is 2.22. The lowest BCUT2D eigenvalue weighted by Crippen LogP contribution is -1.91. The number of hydrogen-bond acceptors (Lipinski definition) is 1. The van der Waals surface area contributed by atoms with Gasteiger partial charge in [0.15, 0.2) is 0 Å². The van der Waals surface area contributed by atoms with E-state index in [4.69, 9.17) is 0 Å². The summed E-state index contributed by atoms with van der Waals surface area (Å²) >= 11 is 5.75. The van der Waals surface area contributed by atoms with Crippen LogP contribution in [0.3, 0.4) is 0 Å². The van der Waals surface area contributed by atoms with E-state index in [1.807, 2.05) is 11.3 Å². The molecule has 0 aliphatic heterocycles. The predicted octanol–water partition coefficient (Wildman–Crippen LogP) is 5.77. The van der Waals surface area contributed by atoms with E-state index in [9.17, 15) is 0 Å². The van der Waals surface area contributed by atoms with Gasteiger partial charge in [0.1, 0.15) is 0 Å². The summed E-state index contributed by atoms with van der Waals surface area (Å²) in [5.41, 5.74) is 1.39. The first-order valence-electron chi connectivity index (χ1n) is 6.56. The summed E-state index contributed by atoms with van der Waals surface area (Å²) in [4.78, 5) is 3.52. The zero-order valence-electron chi connectivity index (χ0n) is 10.7. The Morgan fingerprint density at radius 1 is 1.06 bits per heavy atom. The average molecular weight is 323 g/mol. The highest BCUT2D eigenvalue weighted by Gasteiger charge is 2.07. The Balaban J connectivity index is 1.78. The van der Waals surface area contributed by atoms with Gasteiger partial charge in [0.2, 0.25) is 0 Å². The third-order valence-electron chi connectivity index (χ3n) is 3.11. The molecule has 96 valence electrons. The number of aryl methyl sites for hydroxylation is 2. The molecule has 0 saturated carbocycles. The molecule has 1 aromatic heterocycles. The monoisotopic (exact) mass is 322 g/mol. The molecule has 0 aliphatic carbocycles. The predicted molar refractivity (Wildman–Crippen MR) is 84.7 cm³/mol. The third-order valence-corrected chi connectivity index (χ3v) is 5.38. The normalized spacial score (nSPS) is 12.6. The Bertz CT molecular complexity index is 461. The largest absolute Gasteiger partial charge is 0.145 e. The Morgan fingerprint density at radius 3 is 2.44 bits per heavy atom. The van der Waals surface area contributed by atoms with Crippen molar-refractivity contribution in [3.8, 4) is 0 Å². The molecular formula is C16H19BrS. The molecule has 0 fully saturated rings. The van der Waals surface area contributed by atoms with Gasteiger partial charge in [-0.2, -0.15) is 0 Å². The van der Waals surface area contributed by atoms with Crippen molar-refractivity contribution in [2.75, 3.05) is 0 Å². The van der Waals surface area contributed by atoms with E-state index >= 15 is 0 Å². The van der Waals surface area contributed by atoms with Crippen molar-refractivity contribution in [1.82, 2.24) is 0 Å². The topological polar surface area (TPSA) is 0 Å². The van der Waals surface area contributed by atoms with Crippen LogP contribution >= 0.6 is 27.3 Å². The molecule has 2 aromatic rings. The second-order valence-corrected chi connectivity index (χ2v) is 6.85. The van der Waals surface area contributed by atoms with Crippen molar-refractivity contribution in [2.24, 2.45) is 0 Å². The lowest BCUT2D eigenvalue weighted by atomic mass is 10.1. The maximum absolute atomic E-state index is 3.78. The molecule has 2 rings (SSSR count). The van der Waals surface area contributed by atoms with Crippen LogP contribution in [0.25, 0.3) is 0 Å². The van der Waals surface area contributed by atoms with Crippen LogP contribution in [0.5, 0.6) is 0 Å². The van der Waals surface area contributed by atoms with Gasteiger partial charge in [0.05, 0.1) is 0 Å². The molecule has 0 bridgehead atoms. The Morgan fingerprint density at radius 2 is 1.78 bits per heavy atom. The van der Waals surface area contributed by atoms with Crippen molar-refractivity contribution in [2.45, 2.75) is 37.4 Å². The maximum atomic E-state index is 3.78. The minimum Gasteiger partial charge on any atom is -0.145 e. The van der Waals surface area contributed by atoms with Crippen LogP contribution in [0.4, 0.5) is 0 Å². The summed E-state index contributed by atoms with van der Waals surface area (Å²) in [5, 5.41) is 0. The van der Waals surface area contributed by atoms with Crippen molar-refractivity contribution in [3.63, 3.8) is 0 Å². The third kappa shape index (κ3) is 3.96. The van der Waals surface area contributed by atoms with Gasteiger partial charge in [-0.05, 0) is 43.4 Å². The fraction of sp³-hybridized carbons (Fsp3) is 0.375. The van der Waals surface area contributed by atoms with Crippen molar-refractivity contribution >= 4 is 27.3 Å². The van der Waals surface area contributed by atoms with E-state index in [1.54, 1.807) is 0 Å². The van der Waals surface area contributed by atoms with E-state index in [0.29, 0.717) is 4.83 Å². The van der Waals surface area contributed by atoms with E-state index in [-0.39, 0.29) is 0 Å². The number of hydrogen-bond donors (Lipinski definition) is 0. The van der Waals surface area contributed by atoms with Crippen LogP contribution < -0.4 is 0 Å². The fourth-order valence-corrected chi connectivity index (χ4v) is 3.66. The highest BCUT2D eigenvalue weighted by Crippen LogP contribution is 2.29. The molecule has 0 saturated heterocycles. The van der Waals surface area contributed by atoms with E-state index in [1.165, 1.54) is 34.6 Å². The number of halogens is 1. The second kappa shape index (κ2) is 7.10. The van der Waals surface area contributed by atoms with Gasteiger partial charge in [-0.15, -0.1) is 11.3 Å². The minimum absolute atomic E-state index is 0.490. The van der Waals surface area contributed by atoms with Crippen LogP contribution in [0.15, 0.2) is 42.5 Å². The molecule has 2 heteroatoms. The van der Waals surface area contributed by atoms with E-state index in [0.717, 1.165) is 6.42 Å². The molecule has 0 spiro atoms. The van der Waals surface area contributed by atoms with E-state index < -0.39 is 0 Å². The van der Waals surface area contributed by atoms with Crippen LogP contribution in [-0.2, 0) is 12.8 Å².